The molecule has 0 radical (unpaired) electrons. The van der Waals surface area contributed by atoms with E-state index in [1.165, 1.54) is 0 Å². The van der Waals surface area contributed by atoms with E-state index in [0.29, 0.717) is 19.3 Å². The zero-order chi connectivity index (χ0) is 13.5. The van der Waals surface area contributed by atoms with Gasteiger partial charge in [0.25, 0.3) is 0 Å². The van der Waals surface area contributed by atoms with Gasteiger partial charge in [0, 0.05) is 8.22 Å². The quantitative estimate of drug-likeness (QED) is 0.584. The van der Waals surface area contributed by atoms with Crippen molar-refractivity contribution in [1.29, 1.82) is 0 Å². The number of hydrogen-bond acceptors (Lipinski definition) is 1. The highest BCUT2D eigenvalue weighted by molar-refractivity contribution is 5.04. The highest BCUT2D eigenvalue weighted by Gasteiger charge is 2.27. The Morgan fingerprint density at radius 3 is 2.91 bits per heavy atom. The van der Waals surface area contributed by atoms with Gasteiger partial charge in [-0.1, -0.05) is 11.6 Å². The van der Waals surface area contributed by atoms with Gasteiger partial charge in [0.15, 0.2) is 0 Å². The summed E-state index contributed by atoms with van der Waals surface area (Å²) in [5.74, 6) is -0.744. The maximum absolute atomic E-state index is 10.2. The number of allylic oxidation sites excluding steroid dienone is 2. The van der Waals surface area contributed by atoms with Crippen LogP contribution in [0.5, 0.6) is 0 Å². The topological polar surface area (TPSA) is 20.2 Å². The van der Waals surface area contributed by atoms with Gasteiger partial charge in [0.1, 0.15) is 0 Å². The first-order chi connectivity index (χ1) is 7.50. The second-order valence-corrected chi connectivity index (χ2v) is 3.29. The van der Waals surface area contributed by atoms with Crippen molar-refractivity contribution < 1.29 is 13.3 Å². The van der Waals surface area contributed by atoms with Crippen LogP contribution in [0.1, 0.15) is 48.1 Å². The third-order valence-corrected chi connectivity index (χ3v) is 2.23. The van der Waals surface area contributed by atoms with Crippen LogP contribution in [0.2, 0.25) is 0 Å². The fourth-order valence-electron chi connectivity index (χ4n) is 1.34. The molecule has 0 bridgehead atoms. The summed E-state index contributed by atoms with van der Waals surface area (Å²) >= 11 is 0. The van der Waals surface area contributed by atoms with E-state index in [4.69, 9.17) is 8.22 Å². The van der Waals surface area contributed by atoms with Crippen molar-refractivity contribution in [2.24, 2.45) is 5.92 Å². The van der Waals surface area contributed by atoms with Crippen molar-refractivity contribution in [3.8, 4) is 0 Å². The van der Waals surface area contributed by atoms with Gasteiger partial charge in [-0.2, -0.15) is 0 Å². The molecule has 0 aromatic rings. The summed E-state index contributed by atoms with van der Waals surface area (Å²) in [6, 6.07) is 0. The number of hydrogen-bond donors (Lipinski definition) is 1. The van der Waals surface area contributed by atoms with Crippen LogP contribution in [-0.4, -0.2) is 10.7 Å². The molecule has 0 aromatic carbocycles. The average molecular weight is 160 g/mol. The van der Waals surface area contributed by atoms with Crippen LogP contribution in [0.3, 0.4) is 0 Å². The van der Waals surface area contributed by atoms with E-state index < -0.39 is 25.2 Å². The highest BCUT2D eigenvalue weighted by atomic mass is 16.3. The van der Waals surface area contributed by atoms with Crippen LogP contribution in [0.4, 0.5) is 0 Å². The van der Waals surface area contributed by atoms with Crippen molar-refractivity contribution >= 4 is 0 Å². The second-order valence-electron chi connectivity index (χ2n) is 3.29. The second kappa shape index (κ2) is 2.98. The molecular formula is C10H18O. The molecular weight excluding hydrogens is 136 g/mol. The Morgan fingerprint density at radius 2 is 2.45 bits per heavy atom. The Morgan fingerprint density at radius 1 is 1.73 bits per heavy atom. The molecule has 0 spiro atoms. The summed E-state index contributed by atoms with van der Waals surface area (Å²) in [5, 5.41) is 10.2. The van der Waals surface area contributed by atoms with Gasteiger partial charge in [0.05, 0.1) is 5.60 Å². The lowest BCUT2D eigenvalue weighted by atomic mass is 9.80. The minimum absolute atomic E-state index is 0.305. The van der Waals surface area contributed by atoms with Gasteiger partial charge in [-0.25, -0.2) is 0 Å². The molecule has 0 amide bonds. The van der Waals surface area contributed by atoms with Crippen molar-refractivity contribution in [1.82, 2.24) is 0 Å². The molecule has 0 heterocycles. The van der Waals surface area contributed by atoms with E-state index in [-0.39, 0.29) is 0 Å². The van der Waals surface area contributed by atoms with Gasteiger partial charge in [-0.15, -0.1) is 0 Å². The van der Waals surface area contributed by atoms with E-state index in [1.807, 2.05) is 13.0 Å². The molecule has 0 aliphatic heterocycles. The van der Waals surface area contributed by atoms with E-state index in [0.717, 1.165) is 5.57 Å². The highest BCUT2D eigenvalue weighted by Crippen LogP contribution is 2.31. The Balaban J connectivity index is 3.10. The summed E-state index contributed by atoms with van der Waals surface area (Å²) in [6.07, 6.45) is 3.16. The molecule has 0 aromatic heterocycles. The van der Waals surface area contributed by atoms with E-state index in [2.05, 4.69) is 0 Å². The first-order valence-corrected chi connectivity index (χ1v) is 3.88. The molecule has 1 atom stereocenters. The molecule has 64 valence electrons. The number of rotatable bonds is 1. The van der Waals surface area contributed by atoms with E-state index >= 15 is 0 Å². The lowest BCUT2D eigenvalue weighted by Gasteiger charge is -2.31. The van der Waals surface area contributed by atoms with Crippen molar-refractivity contribution in [2.75, 3.05) is 0 Å². The Kier molecular flexibility index (Phi) is 0.977. The zero-order valence-corrected chi connectivity index (χ0v) is 6.72. The predicted molar refractivity (Wildman–Crippen MR) is 47.4 cm³/mol. The fourth-order valence-corrected chi connectivity index (χ4v) is 1.34. The maximum Gasteiger partial charge on any atom is 0.0622 e. The van der Waals surface area contributed by atoms with Crippen LogP contribution in [0.25, 0.3) is 0 Å². The van der Waals surface area contributed by atoms with Crippen LogP contribution in [0.15, 0.2) is 11.6 Å². The monoisotopic (exact) mass is 160 g/mol. The van der Waals surface area contributed by atoms with Gasteiger partial charge in [0.2, 0.25) is 0 Å². The summed E-state index contributed by atoms with van der Waals surface area (Å²) in [4.78, 5) is 0. The number of aliphatic hydroxyl groups is 1. The molecule has 0 fully saturated rings. The van der Waals surface area contributed by atoms with E-state index in [1.54, 1.807) is 0 Å². The van der Waals surface area contributed by atoms with Crippen LogP contribution in [0, 0.1) is 5.92 Å². The molecule has 1 nitrogen and oxygen atoms in total. The summed E-state index contributed by atoms with van der Waals surface area (Å²) in [7, 11) is 0. The minimum atomic E-state index is -2.90. The molecule has 1 unspecified atom stereocenters. The maximum atomic E-state index is 10.2. The van der Waals surface area contributed by atoms with Gasteiger partial charge in [-0.3, -0.25) is 0 Å². The Labute approximate surface area is 77.6 Å². The zero-order valence-electron chi connectivity index (χ0n) is 12.7. The Bertz CT molecular complexity index is 300. The average Bonchev–Trinajstić information content (AvgIpc) is 2.14. The van der Waals surface area contributed by atoms with Crippen LogP contribution >= 0.6 is 0 Å². The smallest absolute Gasteiger partial charge is 0.0622 e. The molecule has 1 heteroatoms. The molecule has 1 N–H and O–H groups in total. The van der Waals surface area contributed by atoms with Crippen molar-refractivity contribution in [2.45, 2.75) is 45.5 Å². The summed E-state index contributed by atoms with van der Waals surface area (Å²) in [5.41, 5.74) is -1.50. The third kappa shape index (κ3) is 2.33. The Hall–Kier alpha value is -0.300. The largest absolute Gasteiger partial charge is 0.390 e. The fraction of sp³-hybridized carbons (Fsp3) is 0.800. The van der Waals surface area contributed by atoms with Gasteiger partial charge in [-0.05, 0) is 45.8 Å². The van der Waals surface area contributed by atoms with Crippen LogP contribution < -0.4 is 0 Å². The summed E-state index contributed by atoms with van der Waals surface area (Å²) in [6.45, 7) is -3.88. The van der Waals surface area contributed by atoms with Gasteiger partial charge >= 0.3 is 0 Å². The summed E-state index contributed by atoms with van der Waals surface area (Å²) < 4.78 is 44.0. The van der Waals surface area contributed by atoms with Crippen LogP contribution in [-0.2, 0) is 0 Å². The first-order valence-electron chi connectivity index (χ1n) is 6.88. The van der Waals surface area contributed by atoms with Crippen molar-refractivity contribution in [3.05, 3.63) is 11.6 Å². The normalized spacial score (nSPS) is 36.9. The predicted octanol–water partition coefficient (Wildman–Crippen LogP) is 2.50. The molecule has 1 aliphatic rings. The van der Waals surface area contributed by atoms with Crippen molar-refractivity contribution in [3.63, 3.8) is 0 Å². The lowest BCUT2D eigenvalue weighted by molar-refractivity contribution is 0.0126. The molecule has 0 saturated heterocycles. The first kappa shape index (κ1) is 3.61. The SMILES string of the molecule is [2H]C([2H])([2H])C(O)(C1CC=C(C)CC1)C([2H])([2H])[2H]. The van der Waals surface area contributed by atoms with Gasteiger partial charge < -0.3 is 5.11 Å². The molecule has 1 aliphatic carbocycles. The molecule has 1 rings (SSSR count). The van der Waals surface area contributed by atoms with E-state index in [9.17, 15) is 5.11 Å². The molecule has 0 saturated carbocycles. The lowest BCUT2D eigenvalue weighted by Crippen LogP contribution is -2.31. The minimum Gasteiger partial charge on any atom is -0.390 e. The molecule has 11 heavy (non-hydrogen) atoms. The third-order valence-electron chi connectivity index (χ3n) is 2.23. The standard InChI is InChI=1S/C10H18O/c1-8-4-6-9(7-5-8)10(2,3)11/h4,9,11H,5-7H2,1-3H3/i2D3,3D3.